The Hall–Kier alpha value is -3.35. The van der Waals surface area contributed by atoms with E-state index in [-0.39, 0.29) is 12.3 Å². The van der Waals surface area contributed by atoms with Gasteiger partial charge in [-0.3, -0.25) is 4.79 Å². The molecular formula is C21H24N4O3. The van der Waals surface area contributed by atoms with Crippen molar-refractivity contribution in [2.45, 2.75) is 19.4 Å². The number of aromatic nitrogens is 2. The molecule has 2 aromatic carbocycles. The molecule has 0 saturated heterocycles. The van der Waals surface area contributed by atoms with Crippen LogP contribution in [0.4, 0.5) is 5.69 Å². The second-order valence-electron chi connectivity index (χ2n) is 6.54. The van der Waals surface area contributed by atoms with Crippen molar-refractivity contribution >= 4 is 11.6 Å². The number of carbonyl (C=O) groups excluding carboxylic acids is 1. The Bertz CT molecular complexity index is 919. The highest BCUT2D eigenvalue weighted by Gasteiger charge is 2.11. The number of rotatable bonds is 8. The van der Waals surface area contributed by atoms with Crippen molar-refractivity contribution in [1.29, 1.82) is 0 Å². The van der Waals surface area contributed by atoms with Gasteiger partial charge in [0, 0.05) is 50.3 Å². The Kier molecular flexibility index (Phi) is 6.26. The summed E-state index contributed by atoms with van der Waals surface area (Å²) in [6.07, 6.45) is 0.664. The first-order valence-electron chi connectivity index (χ1n) is 9.05. The van der Waals surface area contributed by atoms with Crippen LogP contribution in [0.5, 0.6) is 5.75 Å². The number of para-hydroxylation sites is 1. The molecular weight excluding hydrogens is 356 g/mol. The van der Waals surface area contributed by atoms with Gasteiger partial charge in [-0.15, -0.1) is 0 Å². The van der Waals surface area contributed by atoms with Crippen LogP contribution in [0.15, 0.2) is 53.1 Å². The molecule has 0 aliphatic rings. The number of carbonyl (C=O) groups is 1. The van der Waals surface area contributed by atoms with Crippen molar-refractivity contribution in [2.75, 3.05) is 26.1 Å². The van der Waals surface area contributed by atoms with Crippen LogP contribution in [0.1, 0.15) is 17.9 Å². The lowest BCUT2D eigenvalue weighted by Crippen LogP contribution is -2.23. The average molecular weight is 380 g/mol. The van der Waals surface area contributed by atoms with E-state index >= 15 is 0 Å². The number of anilines is 1. The second-order valence-corrected chi connectivity index (χ2v) is 6.54. The Morgan fingerprint density at radius 3 is 2.61 bits per heavy atom. The molecule has 0 fully saturated rings. The molecule has 7 heteroatoms. The summed E-state index contributed by atoms with van der Waals surface area (Å²) in [5, 5.41) is 6.89. The van der Waals surface area contributed by atoms with Gasteiger partial charge in [-0.05, 0) is 30.3 Å². The first kappa shape index (κ1) is 19.4. The van der Waals surface area contributed by atoms with Crippen LogP contribution in [0.25, 0.3) is 11.4 Å². The van der Waals surface area contributed by atoms with E-state index in [1.165, 1.54) is 0 Å². The lowest BCUT2D eigenvalue weighted by molar-refractivity contribution is -0.121. The fraction of sp³-hybridized carbons (Fsp3) is 0.286. The zero-order chi connectivity index (χ0) is 19.9. The summed E-state index contributed by atoms with van der Waals surface area (Å²) >= 11 is 0. The molecule has 146 valence electrons. The average Bonchev–Trinajstić information content (AvgIpc) is 3.20. The van der Waals surface area contributed by atoms with Crippen LogP contribution in [0.3, 0.4) is 0 Å². The van der Waals surface area contributed by atoms with Gasteiger partial charge in [-0.1, -0.05) is 23.4 Å². The third kappa shape index (κ3) is 4.88. The van der Waals surface area contributed by atoms with E-state index in [9.17, 15) is 4.79 Å². The summed E-state index contributed by atoms with van der Waals surface area (Å²) < 4.78 is 10.6. The molecule has 0 aliphatic carbocycles. The molecule has 0 saturated carbocycles. The van der Waals surface area contributed by atoms with E-state index < -0.39 is 0 Å². The molecule has 0 bridgehead atoms. The summed E-state index contributed by atoms with van der Waals surface area (Å²) in [5.41, 5.74) is 2.90. The number of methoxy groups -OCH3 is 1. The number of ether oxygens (including phenoxy) is 1. The van der Waals surface area contributed by atoms with Gasteiger partial charge in [0.25, 0.3) is 0 Å². The van der Waals surface area contributed by atoms with Crippen LogP contribution >= 0.6 is 0 Å². The molecule has 0 unspecified atom stereocenters. The molecule has 1 aromatic heterocycles. The number of benzene rings is 2. The minimum absolute atomic E-state index is 0.0824. The molecule has 1 heterocycles. The molecule has 0 spiro atoms. The minimum Gasteiger partial charge on any atom is -0.496 e. The lowest BCUT2D eigenvalue weighted by Gasteiger charge is -2.11. The molecule has 1 amide bonds. The van der Waals surface area contributed by atoms with Crippen molar-refractivity contribution in [3.05, 3.63) is 60.0 Å². The molecule has 3 rings (SSSR count). The highest BCUT2D eigenvalue weighted by molar-refractivity contribution is 5.76. The normalized spacial score (nSPS) is 10.5. The standard InChI is InChI=1S/C21H24N4O3/c1-25(2)17-10-8-15(9-11-17)21-23-20(28-24-21)13-12-19(26)22-14-16-6-4-5-7-18(16)27-3/h4-11H,12-14H2,1-3H3,(H,22,26). The fourth-order valence-corrected chi connectivity index (χ4v) is 2.73. The highest BCUT2D eigenvalue weighted by atomic mass is 16.5. The monoisotopic (exact) mass is 380 g/mol. The van der Waals surface area contributed by atoms with Gasteiger partial charge in [0.15, 0.2) is 0 Å². The number of hydrogen-bond acceptors (Lipinski definition) is 6. The molecule has 1 N–H and O–H groups in total. The number of aryl methyl sites for hydroxylation is 1. The Morgan fingerprint density at radius 2 is 1.89 bits per heavy atom. The molecule has 28 heavy (non-hydrogen) atoms. The fourth-order valence-electron chi connectivity index (χ4n) is 2.73. The van der Waals surface area contributed by atoms with Crippen LogP contribution in [0.2, 0.25) is 0 Å². The summed E-state index contributed by atoms with van der Waals surface area (Å²) in [5.74, 6) is 1.64. The van der Waals surface area contributed by atoms with Crippen LogP contribution in [-0.2, 0) is 17.8 Å². The Morgan fingerprint density at radius 1 is 1.14 bits per heavy atom. The van der Waals surface area contributed by atoms with Crippen molar-refractivity contribution < 1.29 is 14.1 Å². The van der Waals surface area contributed by atoms with Gasteiger partial charge in [0.1, 0.15) is 5.75 Å². The second kappa shape index (κ2) is 9.03. The van der Waals surface area contributed by atoms with Gasteiger partial charge < -0.3 is 19.5 Å². The summed E-state index contributed by atoms with van der Waals surface area (Å²) in [4.78, 5) is 18.5. The summed E-state index contributed by atoms with van der Waals surface area (Å²) in [6, 6.07) is 15.5. The van der Waals surface area contributed by atoms with Crippen molar-refractivity contribution in [2.24, 2.45) is 0 Å². The zero-order valence-electron chi connectivity index (χ0n) is 16.3. The Balaban J connectivity index is 1.52. The van der Waals surface area contributed by atoms with Gasteiger partial charge >= 0.3 is 0 Å². The maximum absolute atomic E-state index is 12.1. The number of nitrogens with zero attached hydrogens (tertiary/aromatic N) is 3. The van der Waals surface area contributed by atoms with Gasteiger partial charge in [-0.2, -0.15) is 4.98 Å². The van der Waals surface area contributed by atoms with Crippen LogP contribution < -0.4 is 15.0 Å². The summed E-state index contributed by atoms with van der Waals surface area (Å²) in [6.45, 7) is 0.413. The minimum atomic E-state index is -0.0824. The van der Waals surface area contributed by atoms with Gasteiger partial charge in [0.05, 0.1) is 7.11 Å². The lowest BCUT2D eigenvalue weighted by atomic mass is 10.2. The topological polar surface area (TPSA) is 80.5 Å². The van der Waals surface area contributed by atoms with E-state index in [4.69, 9.17) is 9.26 Å². The SMILES string of the molecule is COc1ccccc1CNC(=O)CCc1nc(-c2ccc(N(C)C)cc2)no1. The predicted octanol–water partition coefficient (Wildman–Crippen LogP) is 3.06. The highest BCUT2D eigenvalue weighted by Crippen LogP contribution is 2.20. The van der Waals surface area contributed by atoms with Gasteiger partial charge in [-0.25, -0.2) is 0 Å². The Labute approximate surface area is 164 Å². The number of nitrogens with one attached hydrogen (secondary N) is 1. The van der Waals surface area contributed by atoms with E-state index in [1.54, 1.807) is 7.11 Å². The third-order valence-corrected chi connectivity index (χ3v) is 4.34. The number of hydrogen-bond donors (Lipinski definition) is 1. The summed E-state index contributed by atoms with van der Waals surface area (Å²) in [7, 11) is 5.59. The van der Waals surface area contributed by atoms with Crippen LogP contribution in [-0.4, -0.2) is 37.3 Å². The number of amides is 1. The van der Waals surface area contributed by atoms with Crippen molar-refractivity contribution in [1.82, 2.24) is 15.5 Å². The molecule has 3 aromatic rings. The first-order chi connectivity index (χ1) is 13.6. The maximum atomic E-state index is 12.1. The molecule has 0 radical (unpaired) electrons. The van der Waals surface area contributed by atoms with E-state index in [0.29, 0.717) is 24.7 Å². The first-order valence-corrected chi connectivity index (χ1v) is 9.05. The molecule has 0 aliphatic heterocycles. The van der Waals surface area contributed by atoms with E-state index in [1.807, 2.05) is 67.5 Å². The van der Waals surface area contributed by atoms with Crippen LogP contribution in [0, 0.1) is 0 Å². The molecule has 0 atom stereocenters. The largest absolute Gasteiger partial charge is 0.496 e. The predicted molar refractivity (Wildman–Crippen MR) is 107 cm³/mol. The maximum Gasteiger partial charge on any atom is 0.227 e. The smallest absolute Gasteiger partial charge is 0.227 e. The van der Waals surface area contributed by atoms with Crippen molar-refractivity contribution in [3.8, 4) is 17.1 Å². The van der Waals surface area contributed by atoms with Crippen molar-refractivity contribution in [3.63, 3.8) is 0 Å². The van der Waals surface area contributed by atoms with E-state index in [0.717, 1.165) is 22.6 Å². The van der Waals surface area contributed by atoms with Gasteiger partial charge in [0.2, 0.25) is 17.6 Å². The quantitative estimate of drug-likeness (QED) is 0.647. The third-order valence-electron chi connectivity index (χ3n) is 4.34. The van der Waals surface area contributed by atoms with E-state index in [2.05, 4.69) is 15.5 Å². The zero-order valence-corrected chi connectivity index (χ0v) is 16.3. The molecule has 7 nitrogen and oxygen atoms in total.